The summed E-state index contributed by atoms with van der Waals surface area (Å²) in [7, 11) is -9.38. The number of nitrogens with two attached hydrogens (primary N) is 2. The summed E-state index contributed by atoms with van der Waals surface area (Å²) in [6, 6.07) is 29.2. The Morgan fingerprint density at radius 2 is 0.855 bits per heavy atom. The fourth-order valence-electron chi connectivity index (χ4n) is 17.0. The van der Waals surface area contributed by atoms with Gasteiger partial charge in [0.2, 0.25) is 11.2 Å². The molecule has 30 nitrogen and oxygen atoms in total. The van der Waals surface area contributed by atoms with Gasteiger partial charge in [-0.15, -0.1) is 0 Å². The normalized spacial score (nSPS) is 21.4. The largest absolute Gasteiger partial charge is 0.530 e. The molecule has 718 valence electrons. The van der Waals surface area contributed by atoms with Crippen LogP contribution in [0.1, 0.15) is 293 Å². The van der Waals surface area contributed by atoms with Crippen molar-refractivity contribution in [2.75, 3.05) is 64.3 Å². The van der Waals surface area contributed by atoms with E-state index in [-0.39, 0.29) is 66.6 Å². The second-order valence-corrected chi connectivity index (χ2v) is 38.7. The Hall–Kier alpha value is -7.73. The number of unbranched alkanes of at least 4 members (excludes halogenated alkanes) is 32. The van der Waals surface area contributed by atoms with E-state index in [0.29, 0.717) is 46.8 Å². The van der Waals surface area contributed by atoms with E-state index < -0.39 is 119 Å². The molecule has 2 unspecified atom stereocenters. The van der Waals surface area contributed by atoms with Gasteiger partial charge in [-0.05, 0) is 124 Å². The quantitative estimate of drug-likeness (QED) is 0.0235. The number of rotatable bonds is 62. The lowest BCUT2D eigenvalue weighted by Gasteiger charge is -2.29. The third kappa shape index (κ3) is 32.2. The molecule has 0 aliphatic carbocycles. The minimum Gasteiger partial charge on any atom is -0.402 e. The highest BCUT2D eigenvalue weighted by molar-refractivity contribution is 7.49. The van der Waals surface area contributed by atoms with E-state index in [4.69, 9.17) is 93.1 Å². The van der Waals surface area contributed by atoms with Gasteiger partial charge in [0.1, 0.15) is 102 Å². The standard InChI is InChI=1S/C51H69ClFN6O9P.C45H66FN6O9P/c1-4-5-6-7-8-9-10-11-12-13-14-15-16-17-18-19-22-27-61-33-41(62-32-39-28-38(31-54)29-40(53)30-39)34-63-69(60,68-44-24-21-20-23-42(44)52)64-35-45-47-48(67-50(2,3)66-47)51(36-55,65-45)46-26-25-43-49(56)57-37-58-59(43)46;1-4-5-6-7-8-9-10-11-12-13-14-15-16-17-18-19-20-23-55-29-37(56-28-35-24-34(27-47)25-36(46)26-35)30-57-62(53,54)58-31-39-41-42(61-44(2,3)60-41)45(32-48,59-39)40-22-21-38-43(49)50-33-51-52(38)40/h20-21,23-26,28-30,37,41,45,47-48H,4-19,22,27,32-35H2,1-3H3,(H2,56,57,58);21-22,24-26,33,37,39,41-42H,4-20,23,28-31H2,1-3H3,(H,53,54)(H2,49,50,51)/t41-,45-,47-,48-,51+,69?;37-,39-,41-,42-,45+/m11/s1. The molecular weight excluding hydrogens is 1740 g/mol. The SMILES string of the molecule is CCCCCCCCCCCCCCCCCCCOC[C@H](COP(=O)(O)OC[C@H]1O[C@@](C#N)(c2ccc3c(N)ncnn23)[C@@H]2OC(C)(C)O[C@@H]21)OCc1cc(F)cc(C#N)c1.CCCCCCCCCCCCCCCCCCCOC[C@H](COP(=O)(OC[C@H]1O[C@@](C#N)(c2ccc3c(N)ncnn23)[C@@H]2OC(C)(C)O[C@@H]21)Oc1ccccc1Cl)OCc1cc(F)cc(C#N)c1. The number of nitrogen functional groups attached to an aromatic ring is 2. The van der Waals surface area contributed by atoms with Crippen molar-refractivity contribution in [3.05, 3.63) is 148 Å². The molecule has 4 aliphatic heterocycles. The van der Waals surface area contributed by atoms with E-state index in [0.717, 1.165) is 50.7 Å². The lowest BCUT2D eigenvalue weighted by molar-refractivity contribution is -0.204. The van der Waals surface area contributed by atoms with E-state index in [2.05, 4.69) is 46.2 Å². The van der Waals surface area contributed by atoms with Crippen LogP contribution in [0.3, 0.4) is 0 Å². The van der Waals surface area contributed by atoms with Crippen molar-refractivity contribution in [1.29, 1.82) is 21.0 Å². The molecule has 0 spiro atoms. The Morgan fingerprint density at radius 1 is 0.481 bits per heavy atom. The minimum absolute atomic E-state index is 0.0221. The maximum atomic E-state index is 14.8. The van der Waals surface area contributed by atoms with Gasteiger partial charge in [-0.1, -0.05) is 243 Å². The molecule has 0 saturated carbocycles. The molecule has 4 aromatic heterocycles. The van der Waals surface area contributed by atoms with Gasteiger partial charge in [0.25, 0.3) is 0 Å². The molecular formula is C96H135ClF2N12O18P2. The number of para-hydroxylation sites is 1. The molecule has 12 atom stereocenters. The molecule has 8 heterocycles. The van der Waals surface area contributed by atoms with Gasteiger partial charge >= 0.3 is 15.6 Å². The second-order valence-electron chi connectivity index (χ2n) is 35.2. The zero-order chi connectivity index (χ0) is 93.5. The first-order valence-electron chi connectivity index (χ1n) is 47.1. The van der Waals surface area contributed by atoms with Gasteiger partial charge in [-0.3, -0.25) is 18.1 Å². The number of halogens is 3. The molecule has 0 bridgehead atoms. The number of anilines is 2. The van der Waals surface area contributed by atoms with E-state index >= 15 is 0 Å². The van der Waals surface area contributed by atoms with Crippen LogP contribution in [0.5, 0.6) is 5.75 Å². The smallest absolute Gasteiger partial charge is 0.402 e. The van der Waals surface area contributed by atoms with Crippen molar-refractivity contribution < 1.29 is 92.8 Å². The maximum absolute atomic E-state index is 14.8. The summed E-state index contributed by atoms with van der Waals surface area (Å²) in [6.07, 6.45) is 38.2. The Bertz CT molecular complexity index is 4930. The van der Waals surface area contributed by atoms with Crippen LogP contribution in [0.15, 0.2) is 97.6 Å². The molecule has 5 N–H and O–H groups in total. The van der Waals surface area contributed by atoms with Crippen molar-refractivity contribution in [3.8, 4) is 30.0 Å². The van der Waals surface area contributed by atoms with Crippen LogP contribution >= 0.6 is 27.2 Å². The molecule has 35 heteroatoms. The van der Waals surface area contributed by atoms with Crippen LogP contribution in [0.4, 0.5) is 20.4 Å². The van der Waals surface area contributed by atoms with Crippen LogP contribution in [0.25, 0.3) is 11.0 Å². The van der Waals surface area contributed by atoms with Crippen molar-refractivity contribution in [1.82, 2.24) is 29.2 Å². The zero-order valence-corrected chi connectivity index (χ0v) is 79.6. The van der Waals surface area contributed by atoms with Crippen LogP contribution < -0.4 is 16.0 Å². The number of benzene rings is 3. The monoisotopic (exact) mass is 1880 g/mol. The number of aromatic nitrogens is 6. The lowest BCUT2D eigenvalue weighted by atomic mass is 9.92. The number of nitrogens with zero attached hydrogens (tertiary/aromatic N) is 10. The lowest BCUT2D eigenvalue weighted by Crippen LogP contribution is -2.40. The Kier molecular flexibility index (Phi) is 43.0. The first-order valence-corrected chi connectivity index (χ1v) is 50.4. The number of phosphoric ester groups is 2. The molecule has 4 saturated heterocycles. The highest BCUT2D eigenvalue weighted by atomic mass is 35.5. The fraction of sp³-hybridized carbons (Fsp3) is 0.646. The van der Waals surface area contributed by atoms with Gasteiger partial charge in [0, 0.05) is 13.2 Å². The maximum Gasteiger partial charge on any atom is 0.530 e. The predicted molar refractivity (Wildman–Crippen MR) is 489 cm³/mol. The van der Waals surface area contributed by atoms with Crippen molar-refractivity contribution in [3.63, 3.8) is 0 Å². The Balaban J connectivity index is 0.000000274. The van der Waals surface area contributed by atoms with Gasteiger partial charge in [-0.25, -0.2) is 36.9 Å². The third-order valence-electron chi connectivity index (χ3n) is 23.7. The van der Waals surface area contributed by atoms with Crippen molar-refractivity contribution in [2.45, 2.75) is 345 Å². The van der Waals surface area contributed by atoms with Gasteiger partial charge in [-0.2, -0.15) is 31.2 Å². The highest BCUT2D eigenvalue weighted by Gasteiger charge is 2.67. The number of ether oxygens (including phenoxy) is 10. The van der Waals surface area contributed by atoms with Crippen LogP contribution in [-0.2, 0) is 99.0 Å². The predicted octanol–water partition coefficient (Wildman–Crippen LogP) is 21.4. The average Bonchev–Trinajstić information content (AvgIpc) is 1.56. The molecule has 11 rings (SSSR count). The molecule has 4 aliphatic rings. The molecule has 0 radical (unpaired) electrons. The van der Waals surface area contributed by atoms with E-state index in [1.165, 1.54) is 232 Å². The first kappa shape index (κ1) is 105. The van der Waals surface area contributed by atoms with Crippen LogP contribution in [0, 0.1) is 57.0 Å². The van der Waals surface area contributed by atoms with Gasteiger partial charge < -0.3 is 68.3 Å². The number of fused-ring (bicyclic) bond motifs is 4. The third-order valence-corrected chi connectivity index (χ3v) is 26.4. The topological polar surface area (TPSA) is 400 Å². The first-order chi connectivity index (χ1) is 63.3. The summed E-state index contributed by atoms with van der Waals surface area (Å²) in [5.74, 6) is -3.01. The number of hydrogen-bond acceptors (Lipinski definition) is 27. The van der Waals surface area contributed by atoms with Crippen molar-refractivity contribution >= 4 is 49.9 Å². The summed E-state index contributed by atoms with van der Waals surface area (Å²) in [5, 5.41) is 48.9. The van der Waals surface area contributed by atoms with Crippen molar-refractivity contribution in [2.24, 2.45) is 0 Å². The fourth-order valence-corrected chi connectivity index (χ4v) is 19.2. The molecule has 0 amide bonds. The van der Waals surface area contributed by atoms with Gasteiger partial charge in [0.05, 0.1) is 92.5 Å². The summed E-state index contributed by atoms with van der Waals surface area (Å²) < 4.78 is 150. The molecule has 7 aromatic rings. The van der Waals surface area contributed by atoms with Crippen LogP contribution in [-0.4, -0.2) is 147 Å². The van der Waals surface area contributed by atoms with E-state index in [1.54, 1.807) is 70.2 Å². The minimum atomic E-state index is -4.76. The number of phosphoric acid groups is 2. The molecule has 4 fully saturated rings. The summed E-state index contributed by atoms with van der Waals surface area (Å²) in [4.78, 5) is 18.9. The average molecular weight is 1880 g/mol. The highest BCUT2D eigenvalue weighted by Crippen LogP contribution is 2.56. The second kappa shape index (κ2) is 53.5. The van der Waals surface area contributed by atoms with Gasteiger partial charge in [0.15, 0.2) is 23.2 Å². The van der Waals surface area contributed by atoms with Crippen LogP contribution in [0.2, 0.25) is 5.02 Å². The Morgan fingerprint density at radius 3 is 1.24 bits per heavy atom. The summed E-state index contributed by atoms with van der Waals surface area (Å²) >= 11 is 6.47. The Labute approximate surface area is 775 Å². The summed E-state index contributed by atoms with van der Waals surface area (Å²) in [5.41, 5.74) is 11.3. The van der Waals surface area contributed by atoms with E-state index in [9.17, 15) is 43.9 Å². The zero-order valence-electron chi connectivity index (χ0n) is 77.0. The van der Waals surface area contributed by atoms with E-state index in [1.807, 2.05) is 12.1 Å². The molecule has 131 heavy (non-hydrogen) atoms. The number of hydrogen-bond donors (Lipinski definition) is 3. The summed E-state index contributed by atoms with van der Waals surface area (Å²) in [6.45, 7) is 10.4. The molecule has 3 aromatic carbocycles. The number of nitriles is 4.